The lowest BCUT2D eigenvalue weighted by molar-refractivity contribution is -0.137. The molecule has 0 fully saturated rings. The van der Waals surface area contributed by atoms with Crippen LogP contribution < -0.4 is 10.6 Å². The van der Waals surface area contributed by atoms with Crippen molar-refractivity contribution in [1.82, 2.24) is 10.6 Å². The topological polar surface area (TPSA) is 105 Å². The zero-order chi connectivity index (χ0) is 23.8. The zero-order valence-corrected chi connectivity index (χ0v) is 19.2. The number of hydrogen-bond acceptors (Lipinski definition) is 4. The third-order valence-electron chi connectivity index (χ3n) is 6.01. The summed E-state index contributed by atoms with van der Waals surface area (Å²) < 4.78 is 5.59. The van der Waals surface area contributed by atoms with Crippen molar-refractivity contribution in [2.75, 3.05) is 6.61 Å². The van der Waals surface area contributed by atoms with E-state index in [1.165, 1.54) is 0 Å². The van der Waals surface area contributed by atoms with Gasteiger partial charge >= 0.3 is 12.1 Å². The number of carbonyl (C=O) groups excluding carboxylic acids is 2. The summed E-state index contributed by atoms with van der Waals surface area (Å²) in [6.07, 6.45) is 1.33. The van der Waals surface area contributed by atoms with Gasteiger partial charge in [-0.25, -0.2) is 4.79 Å². The van der Waals surface area contributed by atoms with Crippen molar-refractivity contribution in [3.8, 4) is 11.1 Å². The lowest BCUT2D eigenvalue weighted by atomic mass is 9.98. The molecule has 1 aliphatic carbocycles. The molecule has 0 saturated carbocycles. The molecular weight excluding hydrogens is 420 g/mol. The van der Waals surface area contributed by atoms with Crippen molar-refractivity contribution in [3.63, 3.8) is 0 Å². The van der Waals surface area contributed by atoms with Crippen LogP contribution in [0.25, 0.3) is 11.1 Å². The maximum absolute atomic E-state index is 12.6. The van der Waals surface area contributed by atoms with Gasteiger partial charge in [0.25, 0.3) is 0 Å². The molecule has 1 unspecified atom stereocenters. The lowest BCUT2D eigenvalue weighted by Gasteiger charge is -2.21. The second-order valence-corrected chi connectivity index (χ2v) is 8.43. The summed E-state index contributed by atoms with van der Waals surface area (Å²) in [4.78, 5) is 35.9. The van der Waals surface area contributed by atoms with Gasteiger partial charge in [-0.1, -0.05) is 68.8 Å². The molecular formula is C26H32N2O5. The second kappa shape index (κ2) is 11.5. The highest BCUT2D eigenvalue weighted by molar-refractivity contribution is 5.80. The molecule has 3 N–H and O–H groups in total. The molecule has 1 aliphatic rings. The average Bonchev–Trinajstić information content (AvgIpc) is 3.11. The molecule has 0 spiro atoms. The van der Waals surface area contributed by atoms with Gasteiger partial charge < -0.3 is 20.5 Å². The molecule has 0 saturated heterocycles. The van der Waals surface area contributed by atoms with Crippen molar-refractivity contribution >= 4 is 18.0 Å². The van der Waals surface area contributed by atoms with Crippen LogP contribution >= 0.6 is 0 Å². The number of amides is 2. The van der Waals surface area contributed by atoms with Gasteiger partial charge in [-0.3, -0.25) is 9.59 Å². The van der Waals surface area contributed by atoms with E-state index in [0.717, 1.165) is 28.7 Å². The van der Waals surface area contributed by atoms with Gasteiger partial charge in [0.1, 0.15) is 6.61 Å². The normalized spacial score (nSPS) is 14.0. The number of rotatable bonds is 11. The van der Waals surface area contributed by atoms with E-state index >= 15 is 0 Å². The van der Waals surface area contributed by atoms with Crippen molar-refractivity contribution in [1.29, 1.82) is 0 Å². The molecule has 2 aromatic rings. The molecule has 7 heteroatoms. The van der Waals surface area contributed by atoms with Gasteiger partial charge in [0.05, 0.1) is 6.42 Å². The molecule has 176 valence electrons. The van der Waals surface area contributed by atoms with E-state index in [2.05, 4.69) is 34.9 Å². The van der Waals surface area contributed by atoms with Crippen LogP contribution in [-0.2, 0) is 14.3 Å². The highest BCUT2D eigenvalue weighted by Crippen LogP contribution is 2.44. The first-order valence-corrected chi connectivity index (χ1v) is 11.6. The summed E-state index contributed by atoms with van der Waals surface area (Å²) in [6, 6.07) is 15.5. The van der Waals surface area contributed by atoms with Crippen molar-refractivity contribution in [3.05, 3.63) is 59.7 Å². The number of carbonyl (C=O) groups is 3. The molecule has 2 amide bonds. The van der Waals surface area contributed by atoms with Crippen molar-refractivity contribution in [2.24, 2.45) is 0 Å². The Bertz CT molecular complexity index is 945. The van der Waals surface area contributed by atoms with Crippen LogP contribution in [0.2, 0.25) is 0 Å². The van der Waals surface area contributed by atoms with Crippen LogP contribution in [0.4, 0.5) is 4.79 Å². The lowest BCUT2D eigenvalue weighted by Crippen LogP contribution is -2.42. The van der Waals surface area contributed by atoms with E-state index in [1.807, 2.05) is 38.1 Å². The molecule has 0 bridgehead atoms. The van der Waals surface area contributed by atoms with Crippen molar-refractivity contribution in [2.45, 2.75) is 64.0 Å². The van der Waals surface area contributed by atoms with Crippen molar-refractivity contribution < 1.29 is 24.2 Å². The van der Waals surface area contributed by atoms with E-state index in [0.29, 0.717) is 12.8 Å². The Kier molecular flexibility index (Phi) is 8.46. The van der Waals surface area contributed by atoms with Crippen LogP contribution in [-0.4, -0.2) is 41.8 Å². The Morgan fingerprint density at radius 1 is 0.909 bits per heavy atom. The van der Waals surface area contributed by atoms with Gasteiger partial charge in [-0.05, 0) is 35.1 Å². The number of benzene rings is 2. The molecule has 7 nitrogen and oxygen atoms in total. The number of alkyl carbamates (subject to hydrolysis) is 1. The minimum atomic E-state index is -0.955. The van der Waals surface area contributed by atoms with Crippen LogP contribution in [0.15, 0.2) is 48.5 Å². The molecule has 3 rings (SSSR count). The van der Waals surface area contributed by atoms with E-state index in [1.54, 1.807) is 0 Å². The van der Waals surface area contributed by atoms with E-state index in [4.69, 9.17) is 9.84 Å². The van der Waals surface area contributed by atoms with Crippen LogP contribution in [0, 0.1) is 0 Å². The molecule has 33 heavy (non-hydrogen) atoms. The van der Waals surface area contributed by atoms with Gasteiger partial charge in [-0.2, -0.15) is 0 Å². The predicted octanol–water partition coefficient (Wildman–Crippen LogP) is 4.45. The number of fused-ring (bicyclic) bond motifs is 3. The quantitative estimate of drug-likeness (QED) is 0.467. The summed E-state index contributed by atoms with van der Waals surface area (Å²) in [5.74, 6) is -1.26. The Hall–Kier alpha value is -3.35. The monoisotopic (exact) mass is 452 g/mol. The van der Waals surface area contributed by atoms with E-state index in [-0.39, 0.29) is 37.3 Å². The summed E-state index contributed by atoms with van der Waals surface area (Å²) in [7, 11) is 0. The molecule has 2 atom stereocenters. The number of carboxylic acid groups (broad SMARTS) is 1. The number of carboxylic acids is 1. The molecule has 0 aromatic heterocycles. The first-order chi connectivity index (χ1) is 15.9. The number of ether oxygens (including phenoxy) is 1. The second-order valence-electron chi connectivity index (χ2n) is 8.43. The highest BCUT2D eigenvalue weighted by atomic mass is 16.5. The Labute approximate surface area is 194 Å². The third-order valence-corrected chi connectivity index (χ3v) is 6.01. The largest absolute Gasteiger partial charge is 0.481 e. The minimum absolute atomic E-state index is 0.0302. The Morgan fingerprint density at radius 3 is 2.06 bits per heavy atom. The van der Waals surface area contributed by atoms with Gasteiger partial charge in [0.15, 0.2) is 0 Å². The fraction of sp³-hybridized carbons (Fsp3) is 0.423. The molecule has 0 aliphatic heterocycles. The summed E-state index contributed by atoms with van der Waals surface area (Å²) in [5, 5.41) is 14.5. The van der Waals surface area contributed by atoms with E-state index < -0.39 is 18.1 Å². The van der Waals surface area contributed by atoms with Crippen LogP contribution in [0.5, 0.6) is 0 Å². The minimum Gasteiger partial charge on any atom is -0.481 e. The first kappa shape index (κ1) is 24.3. The summed E-state index contributed by atoms with van der Waals surface area (Å²) in [5.41, 5.74) is 4.60. The fourth-order valence-corrected chi connectivity index (χ4v) is 4.40. The SMILES string of the molecule is CCCC(CC(=O)N[C@H](CC)CC(=O)O)NC(=O)OCC1c2ccccc2-c2ccccc21. The zero-order valence-electron chi connectivity index (χ0n) is 19.2. The smallest absolute Gasteiger partial charge is 0.407 e. The maximum Gasteiger partial charge on any atom is 0.407 e. The summed E-state index contributed by atoms with van der Waals surface area (Å²) in [6.45, 7) is 4.01. The van der Waals surface area contributed by atoms with Gasteiger partial charge in [0.2, 0.25) is 5.91 Å². The summed E-state index contributed by atoms with van der Waals surface area (Å²) >= 11 is 0. The Balaban J connectivity index is 1.57. The fourth-order valence-electron chi connectivity index (χ4n) is 4.40. The predicted molar refractivity (Wildman–Crippen MR) is 126 cm³/mol. The molecule has 0 heterocycles. The third kappa shape index (κ3) is 6.34. The average molecular weight is 453 g/mol. The van der Waals surface area contributed by atoms with E-state index in [9.17, 15) is 14.4 Å². The standard InChI is InChI=1S/C26H32N2O5/c1-3-9-18(14-24(29)27-17(4-2)15-25(30)31)28-26(32)33-16-23-21-12-7-5-10-19(21)20-11-6-8-13-22(20)23/h5-8,10-13,17-18,23H,3-4,9,14-16H2,1-2H3,(H,27,29)(H,28,32)(H,30,31)/t17-,18?/m1/s1. The Morgan fingerprint density at radius 2 is 1.52 bits per heavy atom. The first-order valence-electron chi connectivity index (χ1n) is 11.6. The number of nitrogens with one attached hydrogen (secondary N) is 2. The maximum atomic E-state index is 12.6. The highest BCUT2D eigenvalue weighted by Gasteiger charge is 2.29. The van der Waals surface area contributed by atoms with Crippen LogP contribution in [0.3, 0.4) is 0 Å². The molecule has 0 radical (unpaired) electrons. The number of aliphatic carboxylic acids is 1. The molecule has 2 aromatic carbocycles. The van der Waals surface area contributed by atoms with Crippen LogP contribution in [0.1, 0.15) is 63.0 Å². The van der Waals surface area contributed by atoms with Gasteiger partial charge in [-0.15, -0.1) is 0 Å². The van der Waals surface area contributed by atoms with Gasteiger partial charge in [0, 0.05) is 24.4 Å². The number of hydrogen-bond donors (Lipinski definition) is 3.